The SMILES string of the molecule is CC1(C)CC(O)(C(F)(F)F)C(Nc2cccc3[nH]ncc23)c2c(F)ccc(F)c21. The molecule has 1 aromatic heterocycles. The first-order valence-electron chi connectivity index (χ1n) is 8.92. The van der Waals surface area contributed by atoms with Crippen LogP contribution in [0.2, 0.25) is 0 Å². The first-order valence-corrected chi connectivity index (χ1v) is 8.92. The van der Waals surface area contributed by atoms with Crippen LogP contribution in [0, 0.1) is 11.6 Å². The van der Waals surface area contributed by atoms with Crippen LogP contribution in [0.25, 0.3) is 10.9 Å². The second-order valence-corrected chi connectivity index (χ2v) is 8.01. The second kappa shape index (κ2) is 6.16. The smallest absolute Gasteiger partial charge is 0.379 e. The molecule has 2 atom stereocenters. The molecule has 0 amide bonds. The lowest BCUT2D eigenvalue weighted by Crippen LogP contribution is -2.59. The van der Waals surface area contributed by atoms with Crippen molar-refractivity contribution in [2.24, 2.45) is 0 Å². The molecular weight excluding hydrogens is 393 g/mol. The van der Waals surface area contributed by atoms with Gasteiger partial charge in [0.15, 0.2) is 5.60 Å². The van der Waals surface area contributed by atoms with Gasteiger partial charge in [-0.2, -0.15) is 18.3 Å². The van der Waals surface area contributed by atoms with E-state index in [9.17, 15) is 27.1 Å². The van der Waals surface area contributed by atoms with Crippen LogP contribution in [0.3, 0.4) is 0 Å². The van der Waals surface area contributed by atoms with Crippen LogP contribution in [0.1, 0.15) is 37.4 Å². The normalized spacial score (nSPS) is 23.8. The summed E-state index contributed by atoms with van der Waals surface area (Å²) in [6.07, 6.45) is -4.53. The zero-order valence-corrected chi connectivity index (χ0v) is 15.5. The van der Waals surface area contributed by atoms with Crippen LogP contribution < -0.4 is 5.32 Å². The number of rotatable bonds is 2. The van der Waals surface area contributed by atoms with Gasteiger partial charge in [-0.1, -0.05) is 19.9 Å². The molecule has 4 nitrogen and oxygen atoms in total. The molecule has 0 bridgehead atoms. The molecule has 0 saturated heterocycles. The third kappa shape index (κ3) is 2.87. The van der Waals surface area contributed by atoms with E-state index >= 15 is 0 Å². The van der Waals surface area contributed by atoms with Crippen molar-refractivity contribution in [3.05, 3.63) is 59.3 Å². The van der Waals surface area contributed by atoms with Crippen LogP contribution in [0.4, 0.5) is 27.6 Å². The van der Waals surface area contributed by atoms with Crippen LogP contribution >= 0.6 is 0 Å². The number of fused-ring (bicyclic) bond motifs is 2. The molecule has 0 radical (unpaired) electrons. The summed E-state index contributed by atoms with van der Waals surface area (Å²) >= 11 is 0. The summed E-state index contributed by atoms with van der Waals surface area (Å²) in [6.45, 7) is 2.72. The van der Waals surface area contributed by atoms with E-state index in [0.29, 0.717) is 10.9 Å². The van der Waals surface area contributed by atoms with Gasteiger partial charge in [0.1, 0.15) is 11.6 Å². The van der Waals surface area contributed by atoms with Crippen molar-refractivity contribution in [1.82, 2.24) is 10.2 Å². The van der Waals surface area contributed by atoms with Crippen LogP contribution in [0.15, 0.2) is 36.5 Å². The number of anilines is 1. The monoisotopic (exact) mass is 411 g/mol. The van der Waals surface area contributed by atoms with Crippen molar-refractivity contribution in [2.75, 3.05) is 5.32 Å². The molecule has 2 unspecified atom stereocenters. The van der Waals surface area contributed by atoms with Gasteiger partial charge >= 0.3 is 6.18 Å². The molecule has 29 heavy (non-hydrogen) atoms. The van der Waals surface area contributed by atoms with Crippen LogP contribution in [0.5, 0.6) is 0 Å². The van der Waals surface area contributed by atoms with E-state index in [4.69, 9.17) is 0 Å². The number of nitrogens with one attached hydrogen (secondary N) is 2. The first-order chi connectivity index (χ1) is 13.5. The number of hydrogen-bond donors (Lipinski definition) is 3. The van der Waals surface area contributed by atoms with Gasteiger partial charge in [-0.05, 0) is 36.1 Å². The molecule has 1 heterocycles. The van der Waals surface area contributed by atoms with E-state index in [0.717, 1.165) is 12.1 Å². The number of benzene rings is 2. The van der Waals surface area contributed by atoms with E-state index in [1.807, 2.05) is 0 Å². The highest BCUT2D eigenvalue weighted by atomic mass is 19.4. The molecule has 0 spiro atoms. The molecule has 1 aliphatic carbocycles. The largest absolute Gasteiger partial charge is 0.419 e. The average Bonchev–Trinajstić information content (AvgIpc) is 3.08. The van der Waals surface area contributed by atoms with Gasteiger partial charge in [-0.3, -0.25) is 5.10 Å². The molecule has 9 heteroatoms. The van der Waals surface area contributed by atoms with Crippen molar-refractivity contribution in [3.63, 3.8) is 0 Å². The maximum Gasteiger partial charge on any atom is 0.419 e. The molecule has 3 N–H and O–H groups in total. The first kappa shape index (κ1) is 19.6. The molecule has 4 rings (SSSR count). The summed E-state index contributed by atoms with van der Waals surface area (Å²) in [6, 6.07) is 4.45. The summed E-state index contributed by atoms with van der Waals surface area (Å²) in [5.41, 5.74) is -4.74. The quantitative estimate of drug-likeness (QED) is 0.522. The number of hydrogen-bond acceptors (Lipinski definition) is 3. The Balaban J connectivity index is 1.98. The number of aliphatic hydroxyl groups is 1. The number of nitrogens with zero attached hydrogens (tertiary/aromatic N) is 1. The summed E-state index contributed by atoms with van der Waals surface area (Å²) in [4.78, 5) is 0. The van der Waals surface area contributed by atoms with Crippen LogP contribution in [-0.4, -0.2) is 27.1 Å². The van der Waals surface area contributed by atoms with Crippen molar-refractivity contribution in [1.29, 1.82) is 0 Å². The van der Waals surface area contributed by atoms with E-state index < -0.39 is 46.9 Å². The van der Waals surface area contributed by atoms with Gasteiger partial charge < -0.3 is 10.4 Å². The van der Waals surface area contributed by atoms with Crippen LogP contribution in [-0.2, 0) is 5.41 Å². The van der Waals surface area contributed by atoms with Gasteiger partial charge in [0.2, 0.25) is 0 Å². The third-order valence-electron chi connectivity index (χ3n) is 5.57. The Labute approximate surface area is 162 Å². The minimum Gasteiger partial charge on any atom is -0.379 e. The Morgan fingerprint density at radius 1 is 1.14 bits per heavy atom. The zero-order chi connectivity index (χ0) is 21.2. The van der Waals surface area contributed by atoms with Gasteiger partial charge in [-0.25, -0.2) is 8.78 Å². The van der Waals surface area contributed by atoms with Gasteiger partial charge in [-0.15, -0.1) is 0 Å². The lowest BCUT2D eigenvalue weighted by Gasteiger charge is -2.49. The predicted molar refractivity (Wildman–Crippen MR) is 97.5 cm³/mol. The molecule has 0 aliphatic heterocycles. The number of aromatic amines is 1. The summed E-state index contributed by atoms with van der Waals surface area (Å²) in [5, 5.41) is 20.5. The standard InChI is InChI=1S/C20H18F5N3O/c1-18(2)9-19(29,20(23,24)25)17(15-11(21)6-7-12(22)16(15)18)27-13-4-3-5-14-10(13)8-26-28-14/h3-8,17,27,29H,9H2,1-2H3,(H,26,28). The Morgan fingerprint density at radius 3 is 2.52 bits per heavy atom. The molecule has 0 saturated carbocycles. The Bertz CT molecular complexity index is 1090. The summed E-state index contributed by atoms with van der Waals surface area (Å²) < 4.78 is 71.7. The maximum atomic E-state index is 14.8. The van der Waals surface area contributed by atoms with E-state index in [1.54, 1.807) is 12.1 Å². The van der Waals surface area contributed by atoms with Crippen molar-refractivity contribution in [3.8, 4) is 0 Å². The predicted octanol–water partition coefficient (Wildman–Crippen LogP) is 4.97. The molecule has 0 fully saturated rings. The van der Waals surface area contributed by atoms with Crippen molar-refractivity contribution in [2.45, 2.75) is 43.5 Å². The second-order valence-electron chi connectivity index (χ2n) is 8.01. The fourth-order valence-corrected chi connectivity index (χ4v) is 4.35. The number of alkyl halides is 3. The molecule has 1 aliphatic rings. The lowest BCUT2D eigenvalue weighted by atomic mass is 9.63. The minimum atomic E-state index is -5.09. The van der Waals surface area contributed by atoms with E-state index in [-0.39, 0.29) is 11.3 Å². The van der Waals surface area contributed by atoms with Gasteiger partial charge in [0, 0.05) is 22.2 Å². The highest BCUT2D eigenvalue weighted by Gasteiger charge is 2.64. The number of aromatic nitrogens is 2. The van der Waals surface area contributed by atoms with E-state index in [1.165, 1.54) is 26.1 Å². The number of halogens is 5. The summed E-state index contributed by atoms with van der Waals surface area (Å²) in [7, 11) is 0. The van der Waals surface area contributed by atoms with Gasteiger partial charge in [0.25, 0.3) is 0 Å². The maximum absolute atomic E-state index is 14.8. The van der Waals surface area contributed by atoms with E-state index in [2.05, 4.69) is 15.5 Å². The van der Waals surface area contributed by atoms with Gasteiger partial charge in [0.05, 0.1) is 17.8 Å². The molecular formula is C20H18F5N3O. The number of H-pyrrole nitrogens is 1. The molecule has 154 valence electrons. The fourth-order valence-electron chi connectivity index (χ4n) is 4.35. The highest BCUT2D eigenvalue weighted by molar-refractivity contribution is 5.91. The molecule has 3 aromatic rings. The Morgan fingerprint density at radius 2 is 1.83 bits per heavy atom. The highest BCUT2D eigenvalue weighted by Crippen LogP contribution is 2.55. The zero-order valence-electron chi connectivity index (χ0n) is 15.5. The average molecular weight is 411 g/mol. The molecule has 2 aromatic carbocycles. The third-order valence-corrected chi connectivity index (χ3v) is 5.57. The topological polar surface area (TPSA) is 60.9 Å². The Kier molecular flexibility index (Phi) is 4.17. The fraction of sp³-hybridized carbons (Fsp3) is 0.350. The van der Waals surface area contributed by atoms with Crippen molar-refractivity contribution < 1.29 is 27.1 Å². The Hall–Kier alpha value is -2.68. The summed E-state index contributed by atoms with van der Waals surface area (Å²) in [5.74, 6) is -1.84. The minimum absolute atomic E-state index is 0.178. The lowest BCUT2D eigenvalue weighted by molar-refractivity contribution is -0.276. The van der Waals surface area contributed by atoms with Crippen molar-refractivity contribution >= 4 is 16.6 Å².